The molecule has 0 spiro atoms. The molecule has 2 heterocycles. The summed E-state index contributed by atoms with van der Waals surface area (Å²) in [6.45, 7) is 6.35. The smallest absolute Gasteiger partial charge is 0.0825 e. The standard InChI is InChI=1S/C13H25N2O/c16-9-5-12-3-7-15(8-4-12)6-1-2-13-10-14-11-13/h12-14H,1-11H2. The van der Waals surface area contributed by atoms with E-state index >= 15 is 0 Å². The Hall–Kier alpha value is -0.120. The summed E-state index contributed by atoms with van der Waals surface area (Å²) in [6.07, 6.45) is 6.17. The predicted molar refractivity (Wildman–Crippen MR) is 64.9 cm³/mol. The van der Waals surface area contributed by atoms with Crippen LogP contribution in [0.4, 0.5) is 0 Å². The van der Waals surface area contributed by atoms with Gasteiger partial charge in [-0.1, -0.05) is 0 Å². The highest BCUT2D eigenvalue weighted by atomic mass is 16.3. The van der Waals surface area contributed by atoms with E-state index in [0.29, 0.717) is 0 Å². The van der Waals surface area contributed by atoms with Gasteiger partial charge in [0.2, 0.25) is 0 Å². The first-order valence-corrected chi connectivity index (χ1v) is 6.89. The Kier molecular flexibility index (Phi) is 5.07. The summed E-state index contributed by atoms with van der Waals surface area (Å²) in [4.78, 5) is 2.59. The minimum Gasteiger partial charge on any atom is -0.316 e. The van der Waals surface area contributed by atoms with Crippen molar-refractivity contribution in [3.8, 4) is 0 Å². The highest BCUT2D eigenvalue weighted by molar-refractivity contribution is 4.76. The third kappa shape index (κ3) is 3.72. The Morgan fingerprint density at radius 3 is 2.38 bits per heavy atom. The fourth-order valence-electron chi connectivity index (χ4n) is 2.82. The lowest BCUT2D eigenvalue weighted by molar-refractivity contribution is 0.127. The van der Waals surface area contributed by atoms with E-state index < -0.39 is 0 Å². The summed E-state index contributed by atoms with van der Waals surface area (Å²) in [5.74, 6) is 1.68. The summed E-state index contributed by atoms with van der Waals surface area (Å²) in [5, 5.41) is 13.9. The molecule has 2 aliphatic heterocycles. The van der Waals surface area contributed by atoms with Crippen LogP contribution in [0, 0.1) is 11.8 Å². The van der Waals surface area contributed by atoms with Crippen LogP contribution in [0.15, 0.2) is 0 Å². The van der Waals surface area contributed by atoms with Crippen molar-refractivity contribution in [2.75, 3.05) is 39.3 Å². The van der Waals surface area contributed by atoms with Crippen LogP contribution in [0.1, 0.15) is 32.1 Å². The summed E-state index contributed by atoms with van der Waals surface area (Å²) >= 11 is 0. The molecule has 1 radical (unpaired) electrons. The lowest BCUT2D eigenvalue weighted by Gasteiger charge is -2.33. The molecule has 0 aromatic heterocycles. The summed E-state index contributed by atoms with van der Waals surface area (Å²) in [6, 6.07) is 0. The van der Waals surface area contributed by atoms with Crippen molar-refractivity contribution >= 4 is 0 Å². The van der Waals surface area contributed by atoms with Crippen molar-refractivity contribution in [1.82, 2.24) is 10.2 Å². The Balaban J connectivity index is 1.51. The number of rotatable bonds is 6. The Morgan fingerprint density at radius 1 is 1.06 bits per heavy atom. The molecular weight excluding hydrogens is 200 g/mol. The van der Waals surface area contributed by atoms with Gasteiger partial charge >= 0.3 is 0 Å². The zero-order valence-electron chi connectivity index (χ0n) is 10.3. The molecule has 0 atom stereocenters. The van der Waals surface area contributed by atoms with Gasteiger partial charge in [0.05, 0.1) is 6.61 Å². The summed E-state index contributed by atoms with van der Waals surface area (Å²) in [7, 11) is 0. The van der Waals surface area contributed by atoms with Gasteiger partial charge in [0.1, 0.15) is 0 Å². The highest BCUT2D eigenvalue weighted by Gasteiger charge is 2.20. The van der Waals surface area contributed by atoms with Crippen molar-refractivity contribution < 1.29 is 5.11 Å². The molecule has 0 aromatic rings. The largest absolute Gasteiger partial charge is 0.316 e. The van der Waals surface area contributed by atoms with Gasteiger partial charge in [-0.05, 0) is 76.7 Å². The fraction of sp³-hybridized carbons (Fsp3) is 1.00. The van der Waals surface area contributed by atoms with Crippen LogP contribution in [0.2, 0.25) is 0 Å². The van der Waals surface area contributed by atoms with E-state index in [1.807, 2.05) is 0 Å². The van der Waals surface area contributed by atoms with Gasteiger partial charge in [0.25, 0.3) is 0 Å². The van der Waals surface area contributed by atoms with Crippen LogP contribution in [-0.2, 0) is 5.11 Å². The summed E-state index contributed by atoms with van der Waals surface area (Å²) in [5.41, 5.74) is 0. The number of nitrogens with zero attached hydrogens (tertiary/aromatic N) is 1. The molecule has 0 amide bonds. The average Bonchev–Trinajstić information content (AvgIpc) is 2.24. The molecule has 3 heteroatoms. The maximum absolute atomic E-state index is 10.5. The van der Waals surface area contributed by atoms with Gasteiger partial charge in [-0.25, -0.2) is 5.11 Å². The molecule has 1 N–H and O–H groups in total. The van der Waals surface area contributed by atoms with E-state index in [4.69, 9.17) is 0 Å². The molecule has 2 rings (SSSR count). The minimum atomic E-state index is 0.124. The van der Waals surface area contributed by atoms with E-state index in [-0.39, 0.29) is 6.61 Å². The van der Waals surface area contributed by atoms with Crippen molar-refractivity contribution in [1.29, 1.82) is 0 Å². The first-order chi connectivity index (χ1) is 7.88. The number of nitrogens with one attached hydrogen (secondary N) is 1. The fourth-order valence-corrected chi connectivity index (χ4v) is 2.82. The van der Waals surface area contributed by atoms with E-state index in [2.05, 4.69) is 10.2 Å². The molecular formula is C13H25N2O. The quantitative estimate of drug-likeness (QED) is 0.744. The van der Waals surface area contributed by atoms with Gasteiger partial charge in [0.15, 0.2) is 0 Å². The normalized spacial score (nSPS) is 24.6. The third-order valence-electron chi connectivity index (χ3n) is 4.19. The SMILES string of the molecule is [O]CCC1CCN(CCCC2CNC2)CC1. The second kappa shape index (κ2) is 6.58. The predicted octanol–water partition coefficient (Wildman–Crippen LogP) is 1.52. The van der Waals surface area contributed by atoms with Crippen molar-refractivity contribution in [3.05, 3.63) is 0 Å². The molecule has 0 unspecified atom stereocenters. The second-order valence-electron chi connectivity index (χ2n) is 5.44. The van der Waals surface area contributed by atoms with Gasteiger partial charge in [-0.3, -0.25) is 0 Å². The lowest BCUT2D eigenvalue weighted by atomic mass is 9.93. The molecule has 0 aromatic carbocycles. The minimum absolute atomic E-state index is 0.124. The topological polar surface area (TPSA) is 35.2 Å². The highest BCUT2D eigenvalue weighted by Crippen LogP contribution is 2.20. The monoisotopic (exact) mass is 225 g/mol. The van der Waals surface area contributed by atoms with Gasteiger partial charge in [-0.15, -0.1) is 0 Å². The zero-order valence-corrected chi connectivity index (χ0v) is 10.3. The Bertz CT molecular complexity index is 186. The van der Waals surface area contributed by atoms with Crippen molar-refractivity contribution in [2.45, 2.75) is 32.1 Å². The third-order valence-corrected chi connectivity index (χ3v) is 4.19. The van der Waals surface area contributed by atoms with E-state index in [0.717, 1.165) is 18.3 Å². The molecule has 2 saturated heterocycles. The second-order valence-corrected chi connectivity index (χ2v) is 5.44. The van der Waals surface area contributed by atoms with Crippen LogP contribution >= 0.6 is 0 Å². The van der Waals surface area contributed by atoms with Crippen molar-refractivity contribution in [3.63, 3.8) is 0 Å². The molecule has 0 aliphatic carbocycles. The molecule has 3 nitrogen and oxygen atoms in total. The lowest BCUT2D eigenvalue weighted by Crippen LogP contribution is -2.42. The van der Waals surface area contributed by atoms with E-state index in [1.54, 1.807) is 0 Å². The summed E-state index contributed by atoms with van der Waals surface area (Å²) < 4.78 is 0. The van der Waals surface area contributed by atoms with Crippen LogP contribution < -0.4 is 5.32 Å². The van der Waals surface area contributed by atoms with Crippen molar-refractivity contribution in [2.24, 2.45) is 11.8 Å². The van der Waals surface area contributed by atoms with Crippen LogP contribution in [0.3, 0.4) is 0 Å². The molecule has 2 aliphatic rings. The number of hydrogen-bond acceptors (Lipinski definition) is 2. The van der Waals surface area contributed by atoms with Crippen LogP contribution in [-0.4, -0.2) is 44.2 Å². The number of likely N-dealkylation sites (tertiary alicyclic amines) is 1. The van der Waals surface area contributed by atoms with Gasteiger partial charge < -0.3 is 10.2 Å². The first kappa shape index (κ1) is 12.3. The number of hydrogen-bond donors (Lipinski definition) is 1. The van der Waals surface area contributed by atoms with E-state index in [9.17, 15) is 5.11 Å². The Morgan fingerprint density at radius 2 is 1.81 bits per heavy atom. The molecule has 93 valence electrons. The van der Waals surface area contributed by atoms with Crippen LogP contribution in [0.25, 0.3) is 0 Å². The Labute approximate surface area is 99.2 Å². The number of piperidine rings is 1. The van der Waals surface area contributed by atoms with Crippen LogP contribution in [0.5, 0.6) is 0 Å². The van der Waals surface area contributed by atoms with Gasteiger partial charge in [0, 0.05) is 0 Å². The maximum Gasteiger partial charge on any atom is 0.0825 e. The maximum atomic E-state index is 10.5. The zero-order chi connectivity index (χ0) is 11.2. The molecule has 0 bridgehead atoms. The molecule has 0 saturated carbocycles. The molecule has 2 fully saturated rings. The van der Waals surface area contributed by atoms with E-state index in [1.165, 1.54) is 58.4 Å². The first-order valence-electron chi connectivity index (χ1n) is 6.89. The average molecular weight is 225 g/mol. The van der Waals surface area contributed by atoms with Gasteiger partial charge in [-0.2, -0.15) is 0 Å². The molecule has 16 heavy (non-hydrogen) atoms.